The molecule has 0 spiro atoms. The van der Waals surface area contributed by atoms with E-state index in [4.69, 9.17) is 0 Å². The van der Waals surface area contributed by atoms with Crippen molar-refractivity contribution in [2.24, 2.45) is 5.92 Å². The van der Waals surface area contributed by atoms with Gasteiger partial charge in [0, 0.05) is 18.7 Å². The van der Waals surface area contributed by atoms with Gasteiger partial charge in [0.15, 0.2) is 0 Å². The highest BCUT2D eigenvalue weighted by Gasteiger charge is 2.21. The number of nitrogens with zero attached hydrogens (tertiary/aromatic N) is 1. The van der Waals surface area contributed by atoms with E-state index >= 15 is 0 Å². The molecule has 18 heavy (non-hydrogen) atoms. The van der Waals surface area contributed by atoms with Crippen molar-refractivity contribution in [2.45, 2.75) is 39.5 Å². The lowest BCUT2D eigenvalue weighted by Gasteiger charge is -2.30. The molecular weight excluding hydrogens is 222 g/mol. The minimum atomic E-state index is 0.192. The van der Waals surface area contributed by atoms with Gasteiger partial charge in [-0.2, -0.15) is 0 Å². The first kappa shape index (κ1) is 13.1. The molecule has 1 aliphatic rings. The van der Waals surface area contributed by atoms with E-state index in [1.54, 1.807) is 0 Å². The Kier molecular flexibility index (Phi) is 4.05. The molecule has 0 atom stereocenters. The number of carbonyl (C=O) groups is 1. The molecule has 0 unspecified atom stereocenters. The second kappa shape index (κ2) is 5.55. The number of hydrogen-bond donors (Lipinski definition) is 0. The molecule has 2 rings (SSSR count). The van der Waals surface area contributed by atoms with Gasteiger partial charge in [-0.05, 0) is 42.4 Å². The fourth-order valence-electron chi connectivity index (χ4n) is 2.40. The summed E-state index contributed by atoms with van der Waals surface area (Å²) >= 11 is 0. The molecule has 0 N–H and O–H groups in total. The molecule has 1 aliphatic heterocycles. The van der Waals surface area contributed by atoms with Crippen LogP contribution in [0, 0.1) is 5.92 Å². The number of likely N-dealkylation sites (tertiary alicyclic amines) is 1. The minimum absolute atomic E-state index is 0.192. The smallest absolute Gasteiger partial charge is 0.253 e. The first-order valence-electron chi connectivity index (χ1n) is 6.97. The molecule has 0 aliphatic carbocycles. The van der Waals surface area contributed by atoms with Crippen molar-refractivity contribution in [1.29, 1.82) is 0 Å². The maximum atomic E-state index is 12.3. The first-order chi connectivity index (χ1) is 8.58. The van der Waals surface area contributed by atoms with Crippen LogP contribution in [0.2, 0.25) is 0 Å². The van der Waals surface area contributed by atoms with Crippen LogP contribution in [0.1, 0.15) is 55.5 Å². The van der Waals surface area contributed by atoms with Gasteiger partial charge in [0.2, 0.25) is 0 Å². The zero-order chi connectivity index (χ0) is 13.1. The monoisotopic (exact) mass is 245 g/mol. The Morgan fingerprint density at radius 1 is 1.17 bits per heavy atom. The predicted octanol–water partition coefficient (Wildman–Crippen LogP) is 3.68. The second-order valence-electron chi connectivity index (χ2n) is 5.75. The van der Waals surface area contributed by atoms with Crippen LogP contribution in [-0.2, 0) is 0 Å². The zero-order valence-electron chi connectivity index (χ0n) is 11.6. The molecule has 1 amide bonds. The number of piperidine rings is 1. The van der Waals surface area contributed by atoms with Gasteiger partial charge in [-0.1, -0.05) is 32.9 Å². The van der Waals surface area contributed by atoms with Crippen molar-refractivity contribution in [3.63, 3.8) is 0 Å². The van der Waals surface area contributed by atoms with Gasteiger partial charge in [0.05, 0.1) is 0 Å². The Balaban J connectivity index is 2.04. The third-order valence-corrected chi connectivity index (χ3v) is 3.90. The van der Waals surface area contributed by atoms with Gasteiger partial charge in [-0.3, -0.25) is 4.79 Å². The molecule has 2 nitrogen and oxygen atoms in total. The maximum absolute atomic E-state index is 12.3. The third-order valence-electron chi connectivity index (χ3n) is 3.90. The van der Waals surface area contributed by atoms with E-state index in [9.17, 15) is 4.79 Å². The SMILES string of the molecule is CC1CCN(C(=O)c2ccc(C(C)C)cc2)CC1. The molecule has 0 bridgehead atoms. The Morgan fingerprint density at radius 3 is 2.22 bits per heavy atom. The van der Waals surface area contributed by atoms with Crippen LogP contribution in [0.5, 0.6) is 0 Å². The molecule has 1 fully saturated rings. The van der Waals surface area contributed by atoms with Crippen LogP contribution in [0.15, 0.2) is 24.3 Å². The molecular formula is C16H23NO. The lowest BCUT2D eigenvalue weighted by Crippen LogP contribution is -2.37. The molecule has 1 heterocycles. The summed E-state index contributed by atoms with van der Waals surface area (Å²) in [4.78, 5) is 14.3. The number of hydrogen-bond acceptors (Lipinski definition) is 1. The summed E-state index contributed by atoms with van der Waals surface area (Å²) in [6, 6.07) is 8.08. The predicted molar refractivity (Wildman–Crippen MR) is 74.8 cm³/mol. The van der Waals surface area contributed by atoms with Gasteiger partial charge < -0.3 is 4.90 Å². The normalized spacial score (nSPS) is 17.2. The van der Waals surface area contributed by atoms with Gasteiger partial charge in [0.1, 0.15) is 0 Å². The molecule has 0 radical (unpaired) electrons. The molecule has 1 aromatic rings. The standard InChI is InChI=1S/C16H23NO/c1-12(2)14-4-6-15(7-5-14)16(18)17-10-8-13(3)9-11-17/h4-7,12-13H,8-11H2,1-3H3. The summed E-state index contributed by atoms with van der Waals surface area (Å²) in [5.74, 6) is 1.47. The van der Waals surface area contributed by atoms with Gasteiger partial charge in [-0.25, -0.2) is 0 Å². The van der Waals surface area contributed by atoms with Crippen LogP contribution >= 0.6 is 0 Å². The van der Waals surface area contributed by atoms with E-state index in [1.165, 1.54) is 5.56 Å². The van der Waals surface area contributed by atoms with Crippen LogP contribution < -0.4 is 0 Å². The zero-order valence-corrected chi connectivity index (χ0v) is 11.6. The van der Waals surface area contributed by atoms with Crippen LogP contribution in [0.25, 0.3) is 0 Å². The first-order valence-corrected chi connectivity index (χ1v) is 6.97. The largest absolute Gasteiger partial charge is 0.339 e. The van der Waals surface area contributed by atoms with Crippen LogP contribution in [0.4, 0.5) is 0 Å². The van der Waals surface area contributed by atoms with E-state index in [0.717, 1.165) is 37.4 Å². The fraction of sp³-hybridized carbons (Fsp3) is 0.562. The van der Waals surface area contributed by atoms with Crippen molar-refractivity contribution in [2.75, 3.05) is 13.1 Å². The van der Waals surface area contributed by atoms with Crippen molar-refractivity contribution in [3.05, 3.63) is 35.4 Å². The Morgan fingerprint density at radius 2 is 1.72 bits per heavy atom. The second-order valence-corrected chi connectivity index (χ2v) is 5.75. The van der Waals surface area contributed by atoms with Gasteiger partial charge in [-0.15, -0.1) is 0 Å². The minimum Gasteiger partial charge on any atom is -0.339 e. The van der Waals surface area contributed by atoms with E-state index in [0.29, 0.717) is 5.92 Å². The molecule has 1 saturated heterocycles. The van der Waals surface area contributed by atoms with E-state index < -0.39 is 0 Å². The van der Waals surface area contributed by atoms with Gasteiger partial charge in [0.25, 0.3) is 5.91 Å². The highest BCUT2D eigenvalue weighted by Crippen LogP contribution is 2.19. The van der Waals surface area contributed by atoms with E-state index in [1.807, 2.05) is 17.0 Å². The number of benzene rings is 1. The van der Waals surface area contributed by atoms with Gasteiger partial charge >= 0.3 is 0 Å². The van der Waals surface area contributed by atoms with Crippen molar-refractivity contribution in [1.82, 2.24) is 4.90 Å². The van der Waals surface area contributed by atoms with Crippen molar-refractivity contribution in [3.8, 4) is 0 Å². The summed E-state index contributed by atoms with van der Waals surface area (Å²) in [6.07, 6.45) is 2.27. The van der Waals surface area contributed by atoms with E-state index in [2.05, 4.69) is 32.9 Å². The molecule has 2 heteroatoms. The summed E-state index contributed by atoms with van der Waals surface area (Å²) in [7, 11) is 0. The molecule has 98 valence electrons. The average molecular weight is 245 g/mol. The number of rotatable bonds is 2. The lowest BCUT2D eigenvalue weighted by molar-refractivity contribution is 0.0697. The number of amides is 1. The lowest BCUT2D eigenvalue weighted by atomic mass is 9.98. The van der Waals surface area contributed by atoms with Crippen LogP contribution in [-0.4, -0.2) is 23.9 Å². The summed E-state index contributed by atoms with van der Waals surface area (Å²) in [5.41, 5.74) is 2.12. The molecule has 0 saturated carbocycles. The molecule has 0 aromatic heterocycles. The maximum Gasteiger partial charge on any atom is 0.253 e. The summed E-state index contributed by atoms with van der Waals surface area (Å²) < 4.78 is 0. The Labute approximate surface area is 110 Å². The number of carbonyl (C=O) groups excluding carboxylic acids is 1. The quantitative estimate of drug-likeness (QED) is 0.778. The Bertz CT molecular complexity index is 400. The summed E-state index contributed by atoms with van der Waals surface area (Å²) in [5, 5.41) is 0. The summed E-state index contributed by atoms with van der Waals surface area (Å²) in [6.45, 7) is 8.42. The van der Waals surface area contributed by atoms with Crippen LogP contribution in [0.3, 0.4) is 0 Å². The fourth-order valence-corrected chi connectivity index (χ4v) is 2.40. The topological polar surface area (TPSA) is 20.3 Å². The Hall–Kier alpha value is -1.31. The highest BCUT2D eigenvalue weighted by atomic mass is 16.2. The third kappa shape index (κ3) is 2.92. The van der Waals surface area contributed by atoms with Crippen molar-refractivity contribution < 1.29 is 4.79 Å². The highest BCUT2D eigenvalue weighted by molar-refractivity contribution is 5.94. The van der Waals surface area contributed by atoms with Crippen molar-refractivity contribution >= 4 is 5.91 Å². The average Bonchev–Trinajstić information content (AvgIpc) is 2.39. The van der Waals surface area contributed by atoms with E-state index in [-0.39, 0.29) is 5.91 Å². The molecule has 1 aromatic carbocycles.